The molecule has 0 saturated heterocycles. The highest BCUT2D eigenvalue weighted by Gasteiger charge is 2.32. The van der Waals surface area contributed by atoms with E-state index in [-0.39, 0.29) is 17.4 Å². The first-order valence-corrected chi connectivity index (χ1v) is 12.6. The van der Waals surface area contributed by atoms with Gasteiger partial charge in [-0.3, -0.25) is 9.59 Å². The number of aromatic nitrogens is 1. The summed E-state index contributed by atoms with van der Waals surface area (Å²) < 4.78 is 13.8. The smallest absolute Gasteiger partial charge is 0.270 e. The molecule has 1 aliphatic heterocycles. The van der Waals surface area contributed by atoms with Crippen molar-refractivity contribution in [3.05, 3.63) is 47.0 Å². The zero-order chi connectivity index (χ0) is 25.3. The highest BCUT2D eigenvalue weighted by atomic mass is 32.1. The maximum absolute atomic E-state index is 13.6. The first-order chi connectivity index (χ1) is 16.6. The van der Waals surface area contributed by atoms with Crippen molar-refractivity contribution in [1.29, 1.82) is 0 Å². The summed E-state index contributed by atoms with van der Waals surface area (Å²) in [6, 6.07) is 10.2. The Bertz CT molecular complexity index is 1240. The molecule has 4 rings (SSSR count). The van der Waals surface area contributed by atoms with Crippen LogP contribution in [0.15, 0.2) is 35.7 Å². The number of amides is 2. The summed E-state index contributed by atoms with van der Waals surface area (Å²) in [6.07, 6.45) is 0.781. The Kier molecular flexibility index (Phi) is 6.94. The van der Waals surface area contributed by atoms with E-state index in [9.17, 15) is 9.59 Å². The van der Waals surface area contributed by atoms with Crippen molar-refractivity contribution < 1.29 is 19.1 Å². The number of carbonyl (C=O) groups excluding carboxylic acids is 2. The quantitative estimate of drug-likeness (QED) is 0.477. The maximum atomic E-state index is 13.6. The second kappa shape index (κ2) is 9.77. The largest absolute Gasteiger partial charge is 0.493 e. The fourth-order valence-electron chi connectivity index (χ4n) is 4.27. The first-order valence-electron chi connectivity index (χ1n) is 11.8. The van der Waals surface area contributed by atoms with E-state index < -0.39 is 0 Å². The predicted molar refractivity (Wildman–Crippen MR) is 139 cm³/mol. The Balaban J connectivity index is 1.82. The van der Waals surface area contributed by atoms with Gasteiger partial charge in [0.1, 0.15) is 12.3 Å². The minimum absolute atomic E-state index is 0.00491. The van der Waals surface area contributed by atoms with Crippen molar-refractivity contribution >= 4 is 23.2 Å². The topological polar surface area (TPSA) is 72.8 Å². The number of nitrogens with one attached hydrogen (secondary N) is 1. The molecule has 1 aromatic carbocycles. The third-order valence-electron chi connectivity index (χ3n) is 6.40. The summed E-state index contributed by atoms with van der Waals surface area (Å²) in [5, 5.41) is 4.80. The number of carbonyl (C=O) groups is 2. The van der Waals surface area contributed by atoms with Gasteiger partial charge in [0.05, 0.1) is 19.3 Å². The molecule has 7 nitrogen and oxygen atoms in total. The number of hydrogen-bond acceptors (Lipinski definition) is 5. The van der Waals surface area contributed by atoms with Gasteiger partial charge in [-0.1, -0.05) is 6.07 Å². The molecule has 3 heterocycles. The average Bonchev–Trinajstić information content (AvgIpc) is 3.47. The number of aryl methyl sites for hydroxylation is 1. The van der Waals surface area contributed by atoms with Gasteiger partial charge in [-0.05, 0) is 62.4 Å². The molecule has 0 fully saturated rings. The number of hydrogen-bond donors (Lipinski definition) is 1. The molecule has 35 heavy (non-hydrogen) atoms. The normalized spacial score (nSPS) is 12.5. The third-order valence-corrected chi connectivity index (χ3v) is 7.30. The van der Waals surface area contributed by atoms with Crippen LogP contribution in [-0.4, -0.2) is 54.1 Å². The SMILES string of the molecule is COc1cc2c(cc1OCCNC(C)=O)-c1c(-c3cccs3)cc(C(=O)N(C)C(C)(C)C)n1CC2. The van der Waals surface area contributed by atoms with Crippen LogP contribution in [0.3, 0.4) is 0 Å². The number of fused-ring (bicyclic) bond motifs is 3. The second-order valence-corrected chi connectivity index (χ2v) is 10.6. The minimum Gasteiger partial charge on any atom is -0.493 e. The van der Waals surface area contributed by atoms with Gasteiger partial charge in [0.15, 0.2) is 11.5 Å². The molecule has 1 N–H and O–H groups in total. The number of ether oxygens (including phenoxy) is 2. The Morgan fingerprint density at radius 2 is 1.94 bits per heavy atom. The minimum atomic E-state index is -0.292. The van der Waals surface area contributed by atoms with Crippen LogP contribution in [0.5, 0.6) is 11.5 Å². The molecule has 0 saturated carbocycles. The predicted octanol–water partition coefficient (Wildman–Crippen LogP) is 4.83. The van der Waals surface area contributed by atoms with Crippen LogP contribution in [0.2, 0.25) is 0 Å². The van der Waals surface area contributed by atoms with E-state index in [1.807, 2.05) is 52.1 Å². The molecule has 0 bridgehead atoms. The van der Waals surface area contributed by atoms with Crippen LogP contribution in [0.25, 0.3) is 21.7 Å². The van der Waals surface area contributed by atoms with Crippen LogP contribution in [0.1, 0.15) is 43.7 Å². The Morgan fingerprint density at radius 1 is 1.17 bits per heavy atom. The summed E-state index contributed by atoms with van der Waals surface area (Å²) in [5.74, 6) is 1.18. The van der Waals surface area contributed by atoms with Gasteiger partial charge >= 0.3 is 0 Å². The number of nitrogens with zero attached hydrogens (tertiary/aromatic N) is 2. The lowest BCUT2D eigenvalue weighted by Gasteiger charge is -2.32. The van der Waals surface area contributed by atoms with E-state index >= 15 is 0 Å². The lowest BCUT2D eigenvalue weighted by atomic mass is 9.95. The monoisotopic (exact) mass is 495 g/mol. The molecule has 1 aliphatic rings. The van der Waals surface area contributed by atoms with Gasteiger partial charge in [0.25, 0.3) is 5.91 Å². The molecule has 0 atom stereocenters. The van der Waals surface area contributed by atoms with Gasteiger partial charge in [-0.25, -0.2) is 0 Å². The third kappa shape index (κ3) is 4.93. The lowest BCUT2D eigenvalue weighted by molar-refractivity contribution is -0.119. The van der Waals surface area contributed by atoms with Gasteiger partial charge in [0.2, 0.25) is 5.91 Å². The van der Waals surface area contributed by atoms with Crippen molar-refractivity contribution in [2.45, 2.75) is 46.2 Å². The van der Waals surface area contributed by atoms with Crippen LogP contribution < -0.4 is 14.8 Å². The maximum Gasteiger partial charge on any atom is 0.270 e. The van der Waals surface area contributed by atoms with E-state index in [0.29, 0.717) is 36.9 Å². The molecule has 2 amide bonds. The Hall–Kier alpha value is -3.26. The standard InChI is InChI=1S/C27H33N3O4S/c1-17(31)28-10-12-34-23-16-19-18(14-22(23)33-6)9-11-30-21(26(32)29(5)27(2,3)4)15-20(25(19)30)24-8-7-13-35-24/h7-8,13-16H,9-12H2,1-6H3,(H,28,31). The molecule has 3 aromatic rings. The Morgan fingerprint density at radius 3 is 2.57 bits per heavy atom. The van der Waals surface area contributed by atoms with E-state index in [1.54, 1.807) is 23.3 Å². The molecule has 8 heteroatoms. The van der Waals surface area contributed by atoms with E-state index in [4.69, 9.17) is 9.47 Å². The van der Waals surface area contributed by atoms with Crippen molar-refractivity contribution in [2.24, 2.45) is 0 Å². The van der Waals surface area contributed by atoms with E-state index in [2.05, 4.69) is 21.3 Å². The van der Waals surface area contributed by atoms with E-state index in [0.717, 1.165) is 33.7 Å². The van der Waals surface area contributed by atoms with Crippen molar-refractivity contribution in [2.75, 3.05) is 27.3 Å². The highest BCUT2D eigenvalue weighted by molar-refractivity contribution is 7.13. The first kappa shape index (κ1) is 24.9. The molecule has 0 unspecified atom stereocenters. The Labute approximate surface area is 210 Å². The number of thiophene rings is 1. The fourth-order valence-corrected chi connectivity index (χ4v) is 5.01. The van der Waals surface area contributed by atoms with Crippen molar-refractivity contribution in [3.63, 3.8) is 0 Å². The van der Waals surface area contributed by atoms with Crippen LogP contribution in [0, 0.1) is 0 Å². The number of benzene rings is 1. The average molecular weight is 496 g/mol. The fraction of sp³-hybridized carbons (Fsp3) is 0.407. The zero-order valence-electron chi connectivity index (χ0n) is 21.2. The molecular formula is C27H33N3O4S. The van der Waals surface area contributed by atoms with E-state index in [1.165, 1.54) is 6.92 Å². The summed E-state index contributed by atoms with van der Waals surface area (Å²) >= 11 is 1.66. The van der Waals surface area contributed by atoms with Gasteiger partial charge in [-0.2, -0.15) is 0 Å². The van der Waals surface area contributed by atoms with Crippen LogP contribution >= 0.6 is 11.3 Å². The molecule has 0 aliphatic carbocycles. The molecule has 0 spiro atoms. The zero-order valence-corrected chi connectivity index (χ0v) is 22.0. The van der Waals surface area contributed by atoms with Crippen molar-refractivity contribution in [1.82, 2.24) is 14.8 Å². The van der Waals surface area contributed by atoms with Crippen molar-refractivity contribution in [3.8, 4) is 33.2 Å². The summed E-state index contributed by atoms with van der Waals surface area (Å²) in [5.41, 5.74) is 4.65. The number of rotatable bonds is 7. The lowest BCUT2D eigenvalue weighted by Crippen LogP contribution is -2.43. The molecular weight excluding hydrogens is 462 g/mol. The highest BCUT2D eigenvalue weighted by Crippen LogP contribution is 2.45. The summed E-state index contributed by atoms with van der Waals surface area (Å²) in [4.78, 5) is 27.7. The van der Waals surface area contributed by atoms with Gasteiger partial charge in [0, 0.05) is 42.1 Å². The molecule has 2 aromatic heterocycles. The second-order valence-electron chi connectivity index (χ2n) is 9.70. The molecule has 0 radical (unpaired) electrons. The summed E-state index contributed by atoms with van der Waals surface area (Å²) in [6.45, 7) is 9.04. The number of methoxy groups -OCH3 is 1. The van der Waals surface area contributed by atoms with Gasteiger partial charge in [-0.15, -0.1) is 11.3 Å². The van der Waals surface area contributed by atoms with Gasteiger partial charge < -0.3 is 24.3 Å². The molecule has 186 valence electrons. The summed E-state index contributed by atoms with van der Waals surface area (Å²) in [7, 11) is 3.49. The van der Waals surface area contributed by atoms with Crippen LogP contribution in [-0.2, 0) is 17.8 Å². The van der Waals surface area contributed by atoms with Crippen LogP contribution in [0.4, 0.5) is 0 Å².